The molecule has 0 amide bonds. The lowest BCUT2D eigenvalue weighted by molar-refractivity contribution is -0.0800. The zero-order chi connectivity index (χ0) is 14.0. The third-order valence-electron chi connectivity index (χ3n) is 4.23. The van der Waals surface area contributed by atoms with Gasteiger partial charge >= 0.3 is 0 Å². The highest BCUT2D eigenvalue weighted by atomic mass is 16.5. The monoisotopic (exact) mass is 265 g/mol. The van der Waals surface area contributed by atoms with E-state index in [1.54, 1.807) is 0 Å². The van der Waals surface area contributed by atoms with Crippen LogP contribution < -0.4 is 5.32 Å². The summed E-state index contributed by atoms with van der Waals surface area (Å²) in [6.45, 7) is 10.5. The Morgan fingerprint density at radius 1 is 1.32 bits per heavy atom. The zero-order valence-electron chi connectivity index (χ0n) is 12.6. The lowest BCUT2D eigenvalue weighted by Gasteiger charge is -2.39. The van der Waals surface area contributed by atoms with Crippen LogP contribution in [0.3, 0.4) is 0 Å². The molecular formula is C15H27N3O. The molecule has 1 saturated carbocycles. The van der Waals surface area contributed by atoms with Gasteiger partial charge in [-0.25, -0.2) is 0 Å². The van der Waals surface area contributed by atoms with Crippen molar-refractivity contribution in [1.29, 1.82) is 5.26 Å². The fourth-order valence-electron chi connectivity index (χ4n) is 3.66. The smallest absolute Gasteiger partial charge is 0.108 e. The molecule has 0 spiro atoms. The first-order chi connectivity index (χ1) is 8.94. The molecule has 108 valence electrons. The number of hydrogen-bond donors (Lipinski definition) is 1. The summed E-state index contributed by atoms with van der Waals surface area (Å²) < 4.78 is 5.80. The standard InChI is InChI=1S/C15H27N3O/c1-11(2)17-15(10-16)6-5-14(7-15)18-8-12(3)19-13(4)9-18/h11-14,17H,5-9H2,1-4H3. The summed E-state index contributed by atoms with van der Waals surface area (Å²) in [5.74, 6) is 0. The molecule has 2 fully saturated rings. The van der Waals surface area contributed by atoms with E-state index in [0.717, 1.165) is 32.4 Å². The van der Waals surface area contributed by atoms with Crippen LogP contribution in [-0.2, 0) is 4.74 Å². The van der Waals surface area contributed by atoms with Crippen molar-refractivity contribution in [3.05, 3.63) is 0 Å². The molecule has 0 aromatic heterocycles. The minimum absolute atomic E-state index is 0.305. The van der Waals surface area contributed by atoms with E-state index < -0.39 is 0 Å². The summed E-state index contributed by atoms with van der Waals surface area (Å²) in [6, 6.07) is 3.42. The topological polar surface area (TPSA) is 48.3 Å². The summed E-state index contributed by atoms with van der Waals surface area (Å²) in [6.07, 6.45) is 3.64. The maximum absolute atomic E-state index is 9.53. The van der Waals surface area contributed by atoms with Crippen LogP contribution in [0.2, 0.25) is 0 Å². The van der Waals surface area contributed by atoms with Crippen LogP contribution in [0.4, 0.5) is 0 Å². The van der Waals surface area contributed by atoms with Crippen LogP contribution in [0.1, 0.15) is 47.0 Å². The zero-order valence-corrected chi connectivity index (χ0v) is 12.6. The summed E-state index contributed by atoms with van der Waals surface area (Å²) in [5, 5.41) is 13.0. The van der Waals surface area contributed by atoms with Gasteiger partial charge in [-0.1, -0.05) is 0 Å². The van der Waals surface area contributed by atoms with Gasteiger partial charge in [0.1, 0.15) is 5.54 Å². The summed E-state index contributed by atoms with van der Waals surface area (Å²) in [5.41, 5.74) is -0.316. The Hall–Kier alpha value is -0.630. The normalized spacial score (nSPS) is 40.5. The number of hydrogen-bond acceptors (Lipinski definition) is 4. The summed E-state index contributed by atoms with van der Waals surface area (Å²) >= 11 is 0. The molecule has 1 heterocycles. The van der Waals surface area contributed by atoms with Crippen LogP contribution in [0, 0.1) is 11.3 Å². The van der Waals surface area contributed by atoms with Crippen LogP contribution in [0.25, 0.3) is 0 Å². The van der Waals surface area contributed by atoms with Gasteiger partial charge in [0, 0.05) is 25.2 Å². The third-order valence-corrected chi connectivity index (χ3v) is 4.23. The molecular weight excluding hydrogens is 238 g/mol. The first-order valence-corrected chi connectivity index (χ1v) is 7.52. The average molecular weight is 265 g/mol. The molecule has 4 heteroatoms. The Labute approximate surface area is 117 Å². The molecule has 0 bridgehead atoms. The van der Waals surface area contributed by atoms with Gasteiger partial charge in [0.2, 0.25) is 0 Å². The Balaban J connectivity index is 1.99. The van der Waals surface area contributed by atoms with Crippen molar-refractivity contribution in [3.8, 4) is 6.07 Å². The first kappa shape index (κ1) is 14.8. The Morgan fingerprint density at radius 3 is 2.47 bits per heavy atom. The second kappa shape index (κ2) is 5.78. The fraction of sp³-hybridized carbons (Fsp3) is 0.933. The molecule has 4 unspecified atom stereocenters. The van der Waals surface area contributed by atoms with Gasteiger partial charge in [0.15, 0.2) is 0 Å². The lowest BCUT2D eigenvalue weighted by atomic mass is 9.98. The van der Waals surface area contributed by atoms with Crippen LogP contribution in [0.5, 0.6) is 0 Å². The van der Waals surface area contributed by atoms with Gasteiger partial charge in [-0.2, -0.15) is 5.26 Å². The van der Waals surface area contributed by atoms with E-state index in [1.807, 2.05) is 0 Å². The number of ether oxygens (including phenoxy) is 1. The average Bonchev–Trinajstić information content (AvgIpc) is 2.72. The molecule has 4 atom stereocenters. The maximum atomic E-state index is 9.53. The molecule has 1 aliphatic heterocycles. The van der Waals surface area contributed by atoms with Gasteiger partial charge in [0.05, 0.1) is 18.3 Å². The molecule has 1 aliphatic carbocycles. The van der Waals surface area contributed by atoms with Gasteiger partial charge in [-0.05, 0) is 47.0 Å². The molecule has 0 aromatic carbocycles. The first-order valence-electron chi connectivity index (χ1n) is 7.52. The van der Waals surface area contributed by atoms with Gasteiger partial charge < -0.3 is 4.74 Å². The summed E-state index contributed by atoms with van der Waals surface area (Å²) in [4.78, 5) is 2.53. The van der Waals surface area contributed by atoms with Gasteiger partial charge in [-0.15, -0.1) is 0 Å². The third kappa shape index (κ3) is 3.47. The molecule has 4 nitrogen and oxygen atoms in total. The number of morpholine rings is 1. The largest absolute Gasteiger partial charge is 0.373 e. The van der Waals surface area contributed by atoms with Crippen LogP contribution in [-0.4, -0.2) is 47.8 Å². The van der Waals surface area contributed by atoms with Crippen LogP contribution >= 0.6 is 0 Å². The highest BCUT2D eigenvalue weighted by molar-refractivity contribution is 5.14. The van der Waals surface area contributed by atoms with E-state index in [9.17, 15) is 5.26 Å². The van der Waals surface area contributed by atoms with Crippen molar-refractivity contribution in [2.45, 2.75) is 76.8 Å². The number of rotatable bonds is 3. The Morgan fingerprint density at radius 2 is 1.95 bits per heavy atom. The Kier molecular flexibility index (Phi) is 4.50. The predicted molar refractivity (Wildman–Crippen MR) is 75.8 cm³/mol. The quantitative estimate of drug-likeness (QED) is 0.847. The van der Waals surface area contributed by atoms with Crippen molar-refractivity contribution in [2.75, 3.05) is 13.1 Å². The Bertz CT molecular complexity index is 342. The van der Waals surface area contributed by atoms with Crippen molar-refractivity contribution in [1.82, 2.24) is 10.2 Å². The number of nitrogens with one attached hydrogen (secondary N) is 1. The number of nitrogens with zero attached hydrogens (tertiary/aromatic N) is 2. The predicted octanol–water partition coefficient (Wildman–Crippen LogP) is 1.91. The molecule has 1 saturated heterocycles. The molecule has 19 heavy (non-hydrogen) atoms. The minimum atomic E-state index is -0.316. The van der Waals surface area contributed by atoms with E-state index in [4.69, 9.17) is 4.74 Å². The van der Waals surface area contributed by atoms with Crippen molar-refractivity contribution in [2.24, 2.45) is 0 Å². The van der Waals surface area contributed by atoms with Crippen LogP contribution in [0.15, 0.2) is 0 Å². The van der Waals surface area contributed by atoms with Crippen molar-refractivity contribution in [3.63, 3.8) is 0 Å². The van der Waals surface area contributed by atoms with Gasteiger partial charge in [0.25, 0.3) is 0 Å². The van der Waals surface area contributed by atoms with Crippen molar-refractivity contribution < 1.29 is 4.74 Å². The molecule has 2 aliphatic rings. The van der Waals surface area contributed by atoms with E-state index in [-0.39, 0.29) is 5.54 Å². The minimum Gasteiger partial charge on any atom is -0.373 e. The van der Waals surface area contributed by atoms with E-state index in [1.165, 1.54) is 0 Å². The maximum Gasteiger partial charge on any atom is 0.108 e. The lowest BCUT2D eigenvalue weighted by Crippen LogP contribution is -2.51. The molecule has 0 aromatic rings. The molecule has 0 radical (unpaired) electrons. The van der Waals surface area contributed by atoms with E-state index >= 15 is 0 Å². The van der Waals surface area contributed by atoms with E-state index in [2.05, 4.69) is 44.0 Å². The van der Waals surface area contributed by atoms with Gasteiger partial charge in [-0.3, -0.25) is 10.2 Å². The molecule has 1 N–H and O–H groups in total. The van der Waals surface area contributed by atoms with E-state index in [0.29, 0.717) is 24.3 Å². The summed E-state index contributed by atoms with van der Waals surface area (Å²) in [7, 11) is 0. The molecule has 2 rings (SSSR count). The fourth-order valence-corrected chi connectivity index (χ4v) is 3.66. The number of nitriles is 1. The highest BCUT2D eigenvalue weighted by Gasteiger charge is 2.43. The highest BCUT2D eigenvalue weighted by Crippen LogP contribution is 2.34. The second-order valence-electron chi connectivity index (χ2n) is 6.60. The SMILES string of the molecule is CC(C)NC1(C#N)CCC(N2CC(C)OC(C)C2)C1. The second-order valence-corrected chi connectivity index (χ2v) is 6.60. The van der Waals surface area contributed by atoms with Crippen molar-refractivity contribution >= 4 is 0 Å².